The maximum Gasteiger partial charge on any atom is 0.278 e. The maximum absolute atomic E-state index is 11.9. The number of benzene rings is 1. The van der Waals surface area contributed by atoms with Gasteiger partial charge in [0.05, 0.1) is 23.2 Å². The van der Waals surface area contributed by atoms with Crippen molar-refractivity contribution in [2.24, 2.45) is 0 Å². The SMILES string of the molecule is CCS(=O)(=O)c1ccc(NS(=O)(=O)c2cnc[nH]2)cc1. The van der Waals surface area contributed by atoms with E-state index in [0.29, 0.717) is 0 Å². The number of rotatable bonds is 5. The molecule has 7 nitrogen and oxygen atoms in total. The lowest BCUT2D eigenvalue weighted by Crippen LogP contribution is -2.13. The van der Waals surface area contributed by atoms with Gasteiger partial charge < -0.3 is 4.98 Å². The molecule has 0 radical (unpaired) electrons. The molecule has 9 heteroatoms. The minimum Gasteiger partial charge on any atom is -0.334 e. The number of nitrogens with zero attached hydrogens (tertiary/aromatic N) is 1. The third kappa shape index (κ3) is 2.99. The highest BCUT2D eigenvalue weighted by Gasteiger charge is 2.16. The van der Waals surface area contributed by atoms with Gasteiger partial charge >= 0.3 is 0 Å². The monoisotopic (exact) mass is 315 g/mol. The zero-order chi connectivity index (χ0) is 14.8. The van der Waals surface area contributed by atoms with E-state index in [1.165, 1.54) is 36.8 Å². The molecule has 1 heterocycles. The molecule has 1 aromatic heterocycles. The number of sulfone groups is 1. The Balaban J connectivity index is 2.25. The Morgan fingerprint density at radius 3 is 2.30 bits per heavy atom. The molecule has 2 aromatic rings. The van der Waals surface area contributed by atoms with Gasteiger partial charge in [0.2, 0.25) is 0 Å². The van der Waals surface area contributed by atoms with Crippen molar-refractivity contribution in [2.75, 3.05) is 10.5 Å². The minimum atomic E-state index is -3.74. The zero-order valence-electron chi connectivity index (χ0n) is 10.6. The number of aromatic nitrogens is 2. The largest absolute Gasteiger partial charge is 0.334 e. The molecule has 0 saturated carbocycles. The van der Waals surface area contributed by atoms with E-state index in [9.17, 15) is 16.8 Å². The van der Waals surface area contributed by atoms with Crippen molar-refractivity contribution in [2.45, 2.75) is 16.8 Å². The summed E-state index contributed by atoms with van der Waals surface area (Å²) in [5.41, 5.74) is 0.273. The molecule has 0 fully saturated rings. The first-order chi connectivity index (χ1) is 9.35. The van der Waals surface area contributed by atoms with E-state index in [0.717, 1.165) is 0 Å². The maximum atomic E-state index is 11.9. The fourth-order valence-electron chi connectivity index (χ4n) is 1.50. The lowest BCUT2D eigenvalue weighted by molar-refractivity contribution is 0.596. The summed E-state index contributed by atoms with van der Waals surface area (Å²) in [7, 11) is -7.04. The van der Waals surface area contributed by atoms with Crippen molar-refractivity contribution in [1.82, 2.24) is 9.97 Å². The first-order valence-electron chi connectivity index (χ1n) is 5.69. The smallest absolute Gasteiger partial charge is 0.278 e. The molecule has 2 rings (SSSR count). The predicted octanol–water partition coefficient (Wildman–Crippen LogP) is 1.00. The lowest BCUT2D eigenvalue weighted by atomic mass is 10.3. The van der Waals surface area contributed by atoms with E-state index >= 15 is 0 Å². The van der Waals surface area contributed by atoms with E-state index in [2.05, 4.69) is 14.7 Å². The quantitative estimate of drug-likeness (QED) is 0.855. The van der Waals surface area contributed by atoms with Crippen LogP contribution in [0.25, 0.3) is 0 Å². The van der Waals surface area contributed by atoms with Crippen LogP contribution in [0.2, 0.25) is 0 Å². The molecule has 108 valence electrons. The Bertz CT molecular complexity index is 779. The molecular weight excluding hydrogens is 302 g/mol. The molecule has 0 atom stereocenters. The van der Waals surface area contributed by atoms with Crippen molar-refractivity contribution in [3.05, 3.63) is 36.8 Å². The average Bonchev–Trinajstić information content (AvgIpc) is 2.93. The number of hydrogen-bond donors (Lipinski definition) is 2. The second kappa shape index (κ2) is 5.25. The third-order valence-corrected chi connectivity index (χ3v) is 5.67. The third-order valence-electron chi connectivity index (χ3n) is 2.61. The molecule has 0 aliphatic carbocycles. The first-order valence-corrected chi connectivity index (χ1v) is 8.83. The summed E-state index contributed by atoms with van der Waals surface area (Å²) in [5, 5.41) is -0.0669. The van der Waals surface area contributed by atoms with Crippen LogP contribution in [0.4, 0.5) is 5.69 Å². The molecular formula is C11H13N3O4S2. The van der Waals surface area contributed by atoms with Gasteiger partial charge in [-0.15, -0.1) is 0 Å². The fourth-order valence-corrected chi connectivity index (χ4v) is 3.35. The predicted molar refractivity (Wildman–Crippen MR) is 73.6 cm³/mol. The minimum absolute atomic E-state index is 0.00772. The highest BCUT2D eigenvalue weighted by molar-refractivity contribution is 7.92. The van der Waals surface area contributed by atoms with Crippen LogP contribution in [-0.4, -0.2) is 32.6 Å². The Morgan fingerprint density at radius 1 is 1.15 bits per heavy atom. The number of nitrogens with one attached hydrogen (secondary N) is 2. The normalized spacial score (nSPS) is 12.2. The number of anilines is 1. The van der Waals surface area contributed by atoms with E-state index in [-0.39, 0.29) is 21.4 Å². The summed E-state index contributed by atoms with van der Waals surface area (Å²) in [6.45, 7) is 1.55. The summed E-state index contributed by atoms with van der Waals surface area (Å²) < 4.78 is 49.4. The number of imidazole rings is 1. The molecule has 1 aromatic carbocycles. The van der Waals surface area contributed by atoms with Gasteiger partial charge in [0.1, 0.15) is 0 Å². The van der Waals surface area contributed by atoms with Gasteiger partial charge in [0.25, 0.3) is 10.0 Å². The summed E-state index contributed by atoms with van der Waals surface area (Å²) in [4.78, 5) is 6.28. The van der Waals surface area contributed by atoms with Gasteiger partial charge in [0, 0.05) is 5.69 Å². The second-order valence-corrected chi connectivity index (χ2v) is 7.88. The Morgan fingerprint density at radius 2 is 1.80 bits per heavy atom. The topological polar surface area (TPSA) is 109 Å². The summed E-state index contributed by atoms with van der Waals surface area (Å²) >= 11 is 0. The van der Waals surface area contributed by atoms with Crippen LogP contribution in [0.3, 0.4) is 0 Å². The second-order valence-electron chi connectivity index (χ2n) is 3.95. The van der Waals surface area contributed by atoms with Gasteiger partial charge in [-0.2, -0.15) is 8.42 Å². The molecule has 0 aliphatic rings. The Kier molecular flexibility index (Phi) is 3.82. The standard InChI is InChI=1S/C11H13N3O4S2/c1-2-19(15,16)10-5-3-9(4-6-10)14-20(17,18)11-7-12-8-13-11/h3-8,14H,2H2,1H3,(H,12,13). The van der Waals surface area contributed by atoms with Gasteiger partial charge in [-0.1, -0.05) is 6.92 Å². The molecule has 0 amide bonds. The number of aromatic amines is 1. The molecule has 0 unspecified atom stereocenters. The van der Waals surface area contributed by atoms with Crippen LogP contribution in [0, 0.1) is 0 Å². The molecule has 0 aliphatic heterocycles. The molecule has 0 bridgehead atoms. The Labute approximate surface area is 117 Å². The highest BCUT2D eigenvalue weighted by atomic mass is 32.2. The summed E-state index contributed by atoms with van der Waals surface area (Å²) in [6.07, 6.45) is 2.43. The van der Waals surface area contributed by atoms with Crippen LogP contribution in [0.1, 0.15) is 6.92 Å². The van der Waals surface area contributed by atoms with Crippen LogP contribution >= 0.6 is 0 Å². The van der Waals surface area contributed by atoms with Gasteiger partial charge in [0.15, 0.2) is 14.9 Å². The van der Waals surface area contributed by atoms with E-state index < -0.39 is 19.9 Å². The van der Waals surface area contributed by atoms with Crippen LogP contribution in [0.5, 0.6) is 0 Å². The van der Waals surface area contributed by atoms with Crippen molar-refractivity contribution in [1.29, 1.82) is 0 Å². The van der Waals surface area contributed by atoms with Crippen molar-refractivity contribution in [3.63, 3.8) is 0 Å². The van der Waals surface area contributed by atoms with Gasteiger partial charge in [-0.05, 0) is 24.3 Å². The van der Waals surface area contributed by atoms with Crippen LogP contribution in [0.15, 0.2) is 46.7 Å². The average molecular weight is 315 g/mol. The van der Waals surface area contributed by atoms with Crippen LogP contribution < -0.4 is 4.72 Å². The molecule has 2 N–H and O–H groups in total. The number of H-pyrrole nitrogens is 1. The Hall–Kier alpha value is -1.87. The van der Waals surface area contributed by atoms with E-state index in [1.54, 1.807) is 6.92 Å². The summed E-state index contributed by atoms with van der Waals surface area (Å²) in [6, 6.07) is 5.53. The van der Waals surface area contributed by atoms with Gasteiger partial charge in [-0.3, -0.25) is 4.72 Å². The van der Waals surface area contributed by atoms with Crippen molar-refractivity contribution >= 4 is 25.5 Å². The zero-order valence-corrected chi connectivity index (χ0v) is 12.2. The fraction of sp³-hybridized carbons (Fsp3) is 0.182. The van der Waals surface area contributed by atoms with E-state index in [4.69, 9.17) is 0 Å². The van der Waals surface area contributed by atoms with Crippen molar-refractivity contribution < 1.29 is 16.8 Å². The molecule has 0 spiro atoms. The molecule has 20 heavy (non-hydrogen) atoms. The summed E-state index contributed by atoms with van der Waals surface area (Å²) in [5.74, 6) is -0.00772. The van der Waals surface area contributed by atoms with E-state index in [1.807, 2.05) is 0 Å². The first kappa shape index (κ1) is 14.5. The van der Waals surface area contributed by atoms with Crippen LogP contribution in [-0.2, 0) is 19.9 Å². The number of sulfonamides is 1. The van der Waals surface area contributed by atoms with Crippen molar-refractivity contribution in [3.8, 4) is 0 Å². The highest BCUT2D eigenvalue weighted by Crippen LogP contribution is 2.18. The molecule has 0 saturated heterocycles. The number of hydrogen-bond acceptors (Lipinski definition) is 5. The van der Waals surface area contributed by atoms with Gasteiger partial charge in [-0.25, -0.2) is 13.4 Å². The lowest BCUT2D eigenvalue weighted by Gasteiger charge is -2.07.